The van der Waals surface area contributed by atoms with Gasteiger partial charge in [-0.05, 0) is 38.1 Å². The zero-order valence-corrected chi connectivity index (χ0v) is 12.3. The van der Waals surface area contributed by atoms with Crippen LogP contribution in [0.5, 0.6) is 5.75 Å². The fourth-order valence-electron chi connectivity index (χ4n) is 2.24. The Bertz CT molecular complexity index is 601. The Morgan fingerprint density at radius 1 is 1.24 bits per heavy atom. The summed E-state index contributed by atoms with van der Waals surface area (Å²) in [6.45, 7) is 4.24. The van der Waals surface area contributed by atoms with Crippen molar-refractivity contribution in [1.29, 1.82) is 0 Å². The molecule has 0 fully saturated rings. The number of hydrogen-bond donors (Lipinski definition) is 2. The predicted molar refractivity (Wildman–Crippen MR) is 82.0 cm³/mol. The third kappa shape index (κ3) is 3.73. The molecule has 0 aromatic heterocycles. The molecule has 21 heavy (non-hydrogen) atoms. The minimum Gasteiger partial charge on any atom is -0.494 e. The highest BCUT2D eigenvalue weighted by Gasteiger charge is 2.11. The molecule has 0 aliphatic heterocycles. The molecule has 0 spiro atoms. The number of aliphatic hydroxyl groups is 1. The van der Waals surface area contributed by atoms with Crippen molar-refractivity contribution in [2.45, 2.75) is 26.5 Å². The standard InChI is InChI=1S/C17H20FNO2/c1-3-21-17-9-8-14(10-13(17)11-20)19-12(2)15-6-4-5-7-16(15)18/h4-10,12,19-20H,3,11H2,1-2H3/t12-/m0/s1. The number of hydrogen-bond acceptors (Lipinski definition) is 3. The zero-order chi connectivity index (χ0) is 15.2. The van der Waals surface area contributed by atoms with Crippen LogP contribution in [-0.4, -0.2) is 11.7 Å². The molecule has 1 atom stereocenters. The van der Waals surface area contributed by atoms with Crippen LogP contribution < -0.4 is 10.1 Å². The van der Waals surface area contributed by atoms with E-state index in [0.29, 0.717) is 23.5 Å². The van der Waals surface area contributed by atoms with Gasteiger partial charge in [0.1, 0.15) is 11.6 Å². The molecular formula is C17H20FNO2. The fraction of sp³-hybridized carbons (Fsp3) is 0.294. The van der Waals surface area contributed by atoms with Crippen LogP contribution in [0.4, 0.5) is 10.1 Å². The van der Waals surface area contributed by atoms with E-state index in [-0.39, 0.29) is 18.5 Å². The number of anilines is 1. The molecule has 4 heteroatoms. The van der Waals surface area contributed by atoms with E-state index in [1.165, 1.54) is 6.07 Å². The average molecular weight is 289 g/mol. The Hall–Kier alpha value is -2.07. The lowest BCUT2D eigenvalue weighted by molar-refractivity contribution is 0.267. The SMILES string of the molecule is CCOc1ccc(N[C@@H](C)c2ccccc2F)cc1CO. The van der Waals surface area contributed by atoms with Gasteiger partial charge in [-0.25, -0.2) is 4.39 Å². The molecule has 2 aromatic rings. The normalized spacial score (nSPS) is 12.0. The summed E-state index contributed by atoms with van der Waals surface area (Å²) in [7, 11) is 0. The highest BCUT2D eigenvalue weighted by atomic mass is 19.1. The first kappa shape index (κ1) is 15.3. The molecular weight excluding hydrogens is 269 g/mol. The van der Waals surface area contributed by atoms with E-state index in [0.717, 1.165) is 5.69 Å². The maximum absolute atomic E-state index is 13.8. The quantitative estimate of drug-likeness (QED) is 0.847. The van der Waals surface area contributed by atoms with Crippen molar-refractivity contribution < 1.29 is 14.2 Å². The predicted octanol–water partition coefficient (Wildman–Crippen LogP) is 3.89. The first-order valence-electron chi connectivity index (χ1n) is 7.03. The van der Waals surface area contributed by atoms with Crippen molar-refractivity contribution in [2.24, 2.45) is 0 Å². The summed E-state index contributed by atoms with van der Waals surface area (Å²) in [6.07, 6.45) is 0. The van der Waals surface area contributed by atoms with Crippen molar-refractivity contribution >= 4 is 5.69 Å². The number of ether oxygens (including phenoxy) is 1. The van der Waals surface area contributed by atoms with Crippen molar-refractivity contribution in [2.75, 3.05) is 11.9 Å². The lowest BCUT2D eigenvalue weighted by atomic mass is 10.1. The summed E-state index contributed by atoms with van der Waals surface area (Å²) < 4.78 is 19.2. The molecule has 2 rings (SSSR count). The van der Waals surface area contributed by atoms with E-state index in [1.807, 2.05) is 38.1 Å². The third-order valence-corrected chi connectivity index (χ3v) is 3.29. The molecule has 112 valence electrons. The second kappa shape index (κ2) is 7.09. The summed E-state index contributed by atoms with van der Waals surface area (Å²) in [6, 6.07) is 12.0. The van der Waals surface area contributed by atoms with Crippen molar-refractivity contribution in [3.05, 3.63) is 59.4 Å². The van der Waals surface area contributed by atoms with Gasteiger partial charge in [-0.1, -0.05) is 18.2 Å². The van der Waals surface area contributed by atoms with Crippen molar-refractivity contribution in [1.82, 2.24) is 0 Å². The summed E-state index contributed by atoms with van der Waals surface area (Å²) in [5, 5.41) is 12.6. The summed E-state index contributed by atoms with van der Waals surface area (Å²) in [5.41, 5.74) is 2.14. The fourth-order valence-corrected chi connectivity index (χ4v) is 2.24. The number of halogens is 1. The van der Waals surface area contributed by atoms with E-state index >= 15 is 0 Å². The molecule has 0 bridgehead atoms. The van der Waals surface area contributed by atoms with Crippen LogP contribution >= 0.6 is 0 Å². The smallest absolute Gasteiger partial charge is 0.128 e. The first-order chi connectivity index (χ1) is 10.2. The number of rotatable bonds is 6. The van der Waals surface area contributed by atoms with Crippen LogP contribution in [-0.2, 0) is 6.61 Å². The second-order valence-corrected chi connectivity index (χ2v) is 4.80. The molecule has 0 radical (unpaired) electrons. The summed E-state index contributed by atoms with van der Waals surface area (Å²) in [5.74, 6) is 0.440. The summed E-state index contributed by atoms with van der Waals surface area (Å²) in [4.78, 5) is 0. The molecule has 0 amide bonds. The van der Waals surface area contributed by atoms with Crippen LogP contribution in [0.2, 0.25) is 0 Å². The Kier molecular flexibility index (Phi) is 5.17. The zero-order valence-electron chi connectivity index (χ0n) is 12.3. The van der Waals surface area contributed by atoms with Gasteiger partial charge in [-0.3, -0.25) is 0 Å². The van der Waals surface area contributed by atoms with Gasteiger partial charge in [-0.2, -0.15) is 0 Å². The van der Waals surface area contributed by atoms with Gasteiger partial charge in [0.15, 0.2) is 0 Å². The minimum absolute atomic E-state index is 0.0983. The maximum Gasteiger partial charge on any atom is 0.128 e. The lowest BCUT2D eigenvalue weighted by Crippen LogP contribution is -2.09. The highest BCUT2D eigenvalue weighted by molar-refractivity contribution is 5.52. The Morgan fingerprint density at radius 2 is 2.00 bits per heavy atom. The van der Waals surface area contributed by atoms with Gasteiger partial charge in [0.25, 0.3) is 0 Å². The number of benzene rings is 2. The van der Waals surface area contributed by atoms with Gasteiger partial charge in [0, 0.05) is 16.8 Å². The van der Waals surface area contributed by atoms with Gasteiger partial charge < -0.3 is 15.2 Å². The van der Waals surface area contributed by atoms with Gasteiger partial charge >= 0.3 is 0 Å². The molecule has 0 saturated heterocycles. The third-order valence-electron chi connectivity index (χ3n) is 3.29. The molecule has 0 aliphatic rings. The highest BCUT2D eigenvalue weighted by Crippen LogP contribution is 2.26. The van der Waals surface area contributed by atoms with Crippen LogP contribution in [0.3, 0.4) is 0 Å². The lowest BCUT2D eigenvalue weighted by Gasteiger charge is -2.18. The molecule has 2 aromatic carbocycles. The van der Waals surface area contributed by atoms with Gasteiger partial charge in [0.05, 0.1) is 19.3 Å². The number of nitrogens with one attached hydrogen (secondary N) is 1. The topological polar surface area (TPSA) is 41.5 Å². The van der Waals surface area contributed by atoms with Crippen LogP contribution in [0.25, 0.3) is 0 Å². The van der Waals surface area contributed by atoms with Crippen molar-refractivity contribution in [3.8, 4) is 5.75 Å². The largest absolute Gasteiger partial charge is 0.494 e. The minimum atomic E-state index is -0.231. The molecule has 0 aliphatic carbocycles. The monoisotopic (exact) mass is 289 g/mol. The van der Waals surface area contributed by atoms with Crippen LogP contribution in [0.1, 0.15) is 31.0 Å². The molecule has 0 saturated carbocycles. The number of aliphatic hydroxyl groups excluding tert-OH is 1. The van der Waals surface area contributed by atoms with E-state index in [1.54, 1.807) is 12.1 Å². The van der Waals surface area contributed by atoms with E-state index in [4.69, 9.17) is 4.74 Å². The van der Waals surface area contributed by atoms with Crippen molar-refractivity contribution in [3.63, 3.8) is 0 Å². The summed E-state index contributed by atoms with van der Waals surface area (Å²) >= 11 is 0. The maximum atomic E-state index is 13.8. The molecule has 0 heterocycles. The Morgan fingerprint density at radius 3 is 2.67 bits per heavy atom. The Labute approximate surface area is 124 Å². The molecule has 3 nitrogen and oxygen atoms in total. The van der Waals surface area contributed by atoms with Gasteiger partial charge in [-0.15, -0.1) is 0 Å². The van der Waals surface area contributed by atoms with E-state index in [9.17, 15) is 9.50 Å². The molecule has 0 unspecified atom stereocenters. The van der Waals surface area contributed by atoms with Gasteiger partial charge in [0.2, 0.25) is 0 Å². The van der Waals surface area contributed by atoms with E-state index < -0.39 is 0 Å². The Balaban J connectivity index is 2.18. The van der Waals surface area contributed by atoms with Crippen LogP contribution in [0.15, 0.2) is 42.5 Å². The molecule has 2 N–H and O–H groups in total. The second-order valence-electron chi connectivity index (χ2n) is 4.80. The first-order valence-corrected chi connectivity index (χ1v) is 7.03. The van der Waals surface area contributed by atoms with Crippen LogP contribution in [0, 0.1) is 5.82 Å². The van der Waals surface area contributed by atoms with E-state index in [2.05, 4.69) is 5.32 Å². The average Bonchev–Trinajstić information content (AvgIpc) is 2.49.